The lowest BCUT2D eigenvalue weighted by Crippen LogP contribution is -2.36. The first-order chi connectivity index (χ1) is 11.2. The monoisotopic (exact) mass is 345 g/mol. The summed E-state index contributed by atoms with van der Waals surface area (Å²) in [5.41, 5.74) is -0.142. The third-order valence-electron chi connectivity index (χ3n) is 4.20. The fourth-order valence-electron chi connectivity index (χ4n) is 3.08. The first-order valence-electron chi connectivity index (χ1n) is 7.49. The number of likely N-dealkylation sites (tertiary alicyclic amines) is 1. The lowest BCUT2D eigenvalue weighted by molar-refractivity contribution is -0.132. The van der Waals surface area contributed by atoms with E-state index < -0.39 is 0 Å². The molecule has 7 heteroatoms. The summed E-state index contributed by atoms with van der Waals surface area (Å²) in [4.78, 5) is 33.2. The molecule has 23 heavy (non-hydrogen) atoms. The van der Waals surface area contributed by atoms with Gasteiger partial charge in [-0.1, -0.05) is 6.07 Å². The normalized spacial score (nSPS) is 17.9. The molecule has 1 aliphatic heterocycles. The van der Waals surface area contributed by atoms with Gasteiger partial charge < -0.3 is 4.90 Å². The number of carbonyl (C=O) groups is 1. The van der Waals surface area contributed by atoms with E-state index in [9.17, 15) is 9.59 Å². The van der Waals surface area contributed by atoms with Crippen molar-refractivity contribution in [3.8, 4) is 0 Å². The number of fused-ring (bicyclic) bond motifs is 1. The van der Waals surface area contributed by atoms with Gasteiger partial charge in [0.15, 0.2) is 0 Å². The van der Waals surface area contributed by atoms with Crippen LogP contribution < -0.4 is 5.56 Å². The number of rotatable bonds is 3. The van der Waals surface area contributed by atoms with Crippen LogP contribution in [0.5, 0.6) is 0 Å². The fraction of sp³-hybridized carbons (Fsp3) is 0.312. The van der Waals surface area contributed by atoms with Crippen LogP contribution in [-0.2, 0) is 11.3 Å². The molecule has 1 fully saturated rings. The second-order valence-corrected chi connectivity index (χ2v) is 7.45. The first kappa shape index (κ1) is 14.6. The van der Waals surface area contributed by atoms with Crippen molar-refractivity contribution in [1.29, 1.82) is 0 Å². The number of amides is 1. The minimum atomic E-state index is -0.142. The van der Waals surface area contributed by atoms with E-state index in [1.54, 1.807) is 17.4 Å². The molecule has 1 unspecified atom stereocenters. The molecule has 5 nitrogen and oxygen atoms in total. The maximum absolute atomic E-state index is 12.7. The summed E-state index contributed by atoms with van der Waals surface area (Å²) in [5, 5.41) is 4.47. The molecule has 1 amide bonds. The Labute approximate surface area is 140 Å². The standard InChI is InChI=1S/C16H15N3O2S2/c20-14(19-6-1-3-12(19)13-4-2-7-22-13)9-18-10-17-15-11(16(18)21)5-8-23-15/h2,4-5,7-8,10,12H,1,3,6,9H2. The number of carbonyl (C=O) groups excluding carboxylic acids is 1. The zero-order chi connectivity index (χ0) is 15.8. The predicted octanol–water partition coefficient (Wildman–Crippen LogP) is 2.88. The molecule has 0 saturated carbocycles. The zero-order valence-electron chi connectivity index (χ0n) is 12.3. The zero-order valence-corrected chi connectivity index (χ0v) is 14.0. The van der Waals surface area contributed by atoms with Gasteiger partial charge in [0, 0.05) is 11.4 Å². The van der Waals surface area contributed by atoms with E-state index in [2.05, 4.69) is 11.1 Å². The fourth-order valence-corrected chi connectivity index (χ4v) is 4.68. The van der Waals surface area contributed by atoms with E-state index in [1.807, 2.05) is 21.7 Å². The minimum absolute atomic E-state index is 0.0145. The first-order valence-corrected chi connectivity index (χ1v) is 9.25. The number of hydrogen-bond acceptors (Lipinski definition) is 5. The molecule has 0 radical (unpaired) electrons. The van der Waals surface area contributed by atoms with Gasteiger partial charge in [-0.15, -0.1) is 22.7 Å². The lowest BCUT2D eigenvalue weighted by Gasteiger charge is -2.24. The van der Waals surface area contributed by atoms with Gasteiger partial charge in [0.2, 0.25) is 5.91 Å². The average Bonchev–Trinajstić information content (AvgIpc) is 3.30. The summed E-state index contributed by atoms with van der Waals surface area (Å²) in [5.74, 6) is -0.0145. The van der Waals surface area contributed by atoms with Crippen LogP contribution >= 0.6 is 22.7 Å². The van der Waals surface area contributed by atoms with E-state index >= 15 is 0 Å². The van der Waals surface area contributed by atoms with E-state index in [0.29, 0.717) is 5.39 Å². The lowest BCUT2D eigenvalue weighted by atomic mass is 10.2. The summed E-state index contributed by atoms with van der Waals surface area (Å²) in [6, 6.07) is 6.00. The third kappa shape index (κ3) is 2.60. The van der Waals surface area contributed by atoms with Gasteiger partial charge >= 0.3 is 0 Å². The smallest absolute Gasteiger partial charge is 0.262 e. The Hall–Kier alpha value is -1.99. The topological polar surface area (TPSA) is 55.2 Å². The van der Waals surface area contributed by atoms with E-state index in [1.165, 1.54) is 27.1 Å². The summed E-state index contributed by atoms with van der Waals surface area (Å²) < 4.78 is 1.42. The molecule has 3 aromatic rings. The number of thiophene rings is 2. The van der Waals surface area contributed by atoms with Gasteiger partial charge in [-0.05, 0) is 35.7 Å². The van der Waals surface area contributed by atoms with Crippen LogP contribution in [0, 0.1) is 0 Å². The van der Waals surface area contributed by atoms with Crippen molar-refractivity contribution >= 4 is 38.8 Å². The van der Waals surface area contributed by atoms with Crippen LogP contribution in [0.3, 0.4) is 0 Å². The van der Waals surface area contributed by atoms with Crippen LogP contribution in [0.15, 0.2) is 40.1 Å². The summed E-state index contributed by atoms with van der Waals surface area (Å²) in [7, 11) is 0. The highest BCUT2D eigenvalue weighted by atomic mass is 32.1. The van der Waals surface area contributed by atoms with Gasteiger partial charge in [-0.25, -0.2) is 4.98 Å². The summed E-state index contributed by atoms with van der Waals surface area (Å²) in [6.45, 7) is 0.809. The Morgan fingerprint density at radius 1 is 1.30 bits per heavy atom. The molecule has 0 aliphatic carbocycles. The summed E-state index contributed by atoms with van der Waals surface area (Å²) in [6.07, 6.45) is 3.48. The average molecular weight is 345 g/mol. The highest BCUT2D eigenvalue weighted by Gasteiger charge is 2.30. The van der Waals surface area contributed by atoms with Crippen molar-refractivity contribution < 1.29 is 4.79 Å². The SMILES string of the molecule is O=C(Cn1cnc2sccc2c1=O)N1CCCC1c1cccs1. The largest absolute Gasteiger partial charge is 0.333 e. The van der Waals surface area contributed by atoms with Crippen molar-refractivity contribution in [1.82, 2.24) is 14.5 Å². The molecule has 0 bridgehead atoms. The Kier molecular flexibility index (Phi) is 3.74. The van der Waals surface area contributed by atoms with Crippen molar-refractivity contribution in [2.45, 2.75) is 25.4 Å². The predicted molar refractivity (Wildman–Crippen MR) is 91.9 cm³/mol. The maximum Gasteiger partial charge on any atom is 0.262 e. The van der Waals surface area contributed by atoms with Crippen molar-refractivity contribution in [2.24, 2.45) is 0 Å². The van der Waals surface area contributed by atoms with Crippen LogP contribution in [0.1, 0.15) is 23.8 Å². The Balaban J connectivity index is 1.59. The number of aromatic nitrogens is 2. The van der Waals surface area contributed by atoms with Crippen molar-refractivity contribution in [3.05, 3.63) is 50.5 Å². The molecule has 0 aromatic carbocycles. The second kappa shape index (κ2) is 5.90. The molecule has 1 saturated heterocycles. The molecule has 3 aromatic heterocycles. The Morgan fingerprint density at radius 3 is 3.04 bits per heavy atom. The van der Waals surface area contributed by atoms with E-state index in [4.69, 9.17) is 0 Å². The molecule has 4 rings (SSSR count). The molecular weight excluding hydrogens is 330 g/mol. The van der Waals surface area contributed by atoms with Crippen molar-refractivity contribution in [2.75, 3.05) is 6.54 Å². The van der Waals surface area contributed by atoms with Gasteiger partial charge in [0.05, 0.1) is 17.8 Å². The molecule has 1 aliphatic rings. The molecule has 1 atom stereocenters. The third-order valence-corrected chi connectivity index (χ3v) is 6.00. The van der Waals surface area contributed by atoms with E-state index in [0.717, 1.165) is 24.2 Å². The minimum Gasteiger partial charge on any atom is -0.333 e. The molecule has 0 N–H and O–H groups in total. The highest BCUT2D eigenvalue weighted by Crippen LogP contribution is 2.34. The van der Waals surface area contributed by atoms with Gasteiger partial charge in [0.25, 0.3) is 5.56 Å². The van der Waals surface area contributed by atoms with Gasteiger partial charge in [-0.2, -0.15) is 0 Å². The Morgan fingerprint density at radius 2 is 2.22 bits per heavy atom. The van der Waals surface area contributed by atoms with Crippen LogP contribution in [0.25, 0.3) is 10.2 Å². The Bertz CT molecular complexity index is 898. The molecule has 118 valence electrons. The van der Waals surface area contributed by atoms with Crippen LogP contribution in [0.4, 0.5) is 0 Å². The second-order valence-electron chi connectivity index (χ2n) is 5.58. The van der Waals surface area contributed by atoms with Crippen LogP contribution in [-0.4, -0.2) is 26.9 Å². The quantitative estimate of drug-likeness (QED) is 0.733. The van der Waals surface area contributed by atoms with Crippen LogP contribution in [0.2, 0.25) is 0 Å². The number of hydrogen-bond donors (Lipinski definition) is 0. The van der Waals surface area contributed by atoms with Crippen molar-refractivity contribution in [3.63, 3.8) is 0 Å². The number of nitrogens with zero attached hydrogens (tertiary/aromatic N) is 3. The van der Waals surface area contributed by atoms with Gasteiger partial charge in [0.1, 0.15) is 11.4 Å². The van der Waals surface area contributed by atoms with Gasteiger partial charge in [-0.3, -0.25) is 14.2 Å². The maximum atomic E-state index is 12.7. The molecule has 4 heterocycles. The molecule has 0 spiro atoms. The highest BCUT2D eigenvalue weighted by molar-refractivity contribution is 7.16. The molecular formula is C16H15N3O2S2. The van der Waals surface area contributed by atoms with E-state index in [-0.39, 0.29) is 24.1 Å². The summed E-state index contributed by atoms with van der Waals surface area (Å²) >= 11 is 3.12.